The normalized spacial score (nSPS) is 11.6. The summed E-state index contributed by atoms with van der Waals surface area (Å²) in [5.41, 5.74) is 19.1. The van der Waals surface area contributed by atoms with Crippen LogP contribution in [0.4, 0.5) is 0 Å². The van der Waals surface area contributed by atoms with Crippen LogP contribution in [0.15, 0.2) is 207 Å². The molecular weight excluding hydrogens is 677 g/mol. The van der Waals surface area contributed by atoms with E-state index in [4.69, 9.17) is 0 Å². The molecule has 0 atom stereocenters. The van der Waals surface area contributed by atoms with Gasteiger partial charge in [0.1, 0.15) is 0 Å². The van der Waals surface area contributed by atoms with Crippen LogP contribution in [0.3, 0.4) is 0 Å². The van der Waals surface area contributed by atoms with Crippen LogP contribution >= 0.6 is 0 Å². The van der Waals surface area contributed by atoms with Crippen molar-refractivity contribution in [3.63, 3.8) is 0 Å². The van der Waals surface area contributed by atoms with Gasteiger partial charge in [-0.3, -0.25) is 9.97 Å². The molecule has 0 fully saturated rings. The molecule has 11 rings (SSSR count). The van der Waals surface area contributed by atoms with Crippen molar-refractivity contribution in [2.45, 2.75) is 0 Å². The van der Waals surface area contributed by atoms with Gasteiger partial charge in [0.05, 0.1) is 11.4 Å². The lowest BCUT2D eigenvalue weighted by Crippen LogP contribution is -1.93. The SMILES string of the molecule is c1ccc(-c2c3c(c(-c4ccccc4)c4ccccc24)-c2ccc(-c4ccc(-c5ccc(-c6ccc(-c7ccccn7)nc6)cc5)cc4)c4cccc-3c24)cc1. The van der Waals surface area contributed by atoms with Gasteiger partial charge in [-0.2, -0.15) is 0 Å². The molecule has 8 aromatic carbocycles. The molecule has 0 unspecified atom stereocenters. The Morgan fingerprint density at radius 2 is 0.732 bits per heavy atom. The number of nitrogens with zero attached hydrogens (tertiary/aromatic N) is 2. The zero-order valence-electron chi connectivity index (χ0n) is 30.5. The summed E-state index contributed by atoms with van der Waals surface area (Å²) < 4.78 is 0. The summed E-state index contributed by atoms with van der Waals surface area (Å²) in [4.78, 5) is 9.11. The summed E-state index contributed by atoms with van der Waals surface area (Å²) in [6.45, 7) is 0. The van der Waals surface area contributed by atoms with Crippen molar-refractivity contribution in [3.05, 3.63) is 207 Å². The topological polar surface area (TPSA) is 25.8 Å². The molecule has 0 saturated heterocycles. The molecule has 0 aliphatic heterocycles. The highest BCUT2D eigenvalue weighted by molar-refractivity contribution is 6.28. The Morgan fingerprint density at radius 1 is 0.250 bits per heavy atom. The quantitative estimate of drug-likeness (QED) is 0.172. The van der Waals surface area contributed by atoms with E-state index in [0.29, 0.717) is 0 Å². The molecule has 0 saturated carbocycles. The molecule has 0 amide bonds. The van der Waals surface area contributed by atoms with Crippen molar-refractivity contribution in [3.8, 4) is 89.3 Å². The van der Waals surface area contributed by atoms with Crippen molar-refractivity contribution in [1.29, 1.82) is 0 Å². The van der Waals surface area contributed by atoms with Gasteiger partial charge in [0.2, 0.25) is 0 Å². The minimum atomic E-state index is 0.873. The molecular formula is C54H34N2. The second-order valence-corrected chi connectivity index (χ2v) is 14.5. The average Bonchev–Trinajstić information content (AvgIpc) is 3.61. The summed E-state index contributed by atoms with van der Waals surface area (Å²) in [6.07, 6.45) is 3.73. The lowest BCUT2D eigenvalue weighted by atomic mass is 9.82. The highest BCUT2D eigenvalue weighted by Gasteiger charge is 2.31. The maximum absolute atomic E-state index is 4.68. The number of hydrogen-bond donors (Lipinski definition) is 0. The van der Waals surface area contributed by atoms with Gasteiger partial charge in [-0.15, -0.1) is 0 Å². The van der Waals surface area contributed by atoms with Crippen molar-refractivity contribution in [1.82, 2.24) is 9.97 Å². The smallest absolute Gasteiger partial charge is 0.0886 e. The van der Waals surface area contributed by atoms with E-state index in [1.807, 2.05) is 30.5 Å². The summed E-state index contributed by atoms with van der Waals surface area (Å²) in [7, 11) is 0. The molecule has 1 aliphatic carbocycles. The van der Waals surface area contributed by atoms with E-state index in [1.165, 1.54) is 88.3 Å². The molecule has 56 heavy (non-hydrogen) atoms. The van der Waals surface area contributed by atoms with Crippen molar-refractivity contribution < 1.29 is 0 Å². The standard InChI is InChI=1S/C54H34N2/c1-3-12-39(13-4-1)50-44-16-7-8-17-45(44)51(40-14-5-2-6-15-40)54-47-31-30-42(43-18-11-19-46(52(43)47)53(50)54)38-27-25-36(26-28-38)35-21-23-37(24-22-35)41-29-32-49(56-34-41)48-20-9-10-33-55-48/h1-34H. The molecule has 260 valence electrons. The lowest BCUT2D eigenvalue weighted by molar-refractivity contribution is 1.25. The van der Waals surface area contributed by atoms with Gasteiger partial charge in [-0.25, -0.2) is 0 Å². The van der Waals surface area contributed by atoms with Crippen LogP contribution in [0.1, 0.15) is 0 Å². The lowest BCUT2D eigenvalue weighted by Gasteiger charge is -2.20. The Balaban J connectivity index is 0.996. The van der Waals surface area contributed by atoms with E-state index in [2.05, 4.69) is 180 Å². The molecule has 10 aromatic rings. The van der Waals surface area contributed by atoms with Crippen LogP contribution in [-0.2, 0) is 0 Å². The van der Waals surface area contributed by atoms with Gasteiger partial charge in [-0.05, 0) is 112 Å². The predicted octanol–water partition coefficient (Wildman–Crippen LogP) is 14.4. The van der Waals surface area contributed by atoms with Gasteiger partial charge in [0.15, 0.2) is 0 Å². The van der Waals surface area contributed by atoms with E-state index in [0.717, 1.165) is 22.5 Å². The van der Waals surface area contributed by atoms with Crippen molar-refractivity contribution >= 4 is 21.5 Å². The van der Waals surface area contributed by atoms with Gasteiger partial charge in [-0.1, -0.05) is 176 Å². The zero-order valence-corrected chi connectivity index (χ0v) is 30.5. The summed E-state index contributed by atoms with van der Waals surface area (Å²) >= 11 is 0. The monoisotopic (exact) mass is 710 g/mol. The van der Waals surface area contributed by atoms with Crippen molar-refractivity contribution in [2.24, 2.45) is 0 Å². The van der Waals surface area contributed by atoms with E-state index in [1.54, 1.807) is 6.20 Å². The number of benzene rings is 8. The molecule has 2 heteroatoms. The van der Waals surface area contributed by atoms with E-state index in [9.17, 15) is 0 Å². The first kappa shape index (κ1) is 32.0. The third-order valence-electron chi connectivity index (χ3n) is 11.4. The second-order valence-electron chi connectivity index (χ2n) is 14.5. The molecule has 0 bridgehead atoms. The van der Waals surface area contributed by atoms with Crippen molar-refractivity contribution in [2.75, 3.05) is 0 Å². The Bertz CT molecular complexity index is 2970. The second kappa shape index (κ2) is 13.2. The van der Waals surface area contributed by atoms with Crippen LogP contribution in [0.25, 0.3) is 111 Å². The maximum atomic E-state index is 4.68. The first-order valence-corrected chi connectivity index (χ1v) is 19.1. The van der Waals surface area contributed by atoms with Crippen LogP contribution in [0.2, 0.25) is 0 Å². The number of hydrogen-bond acceptors (Lipinski definition) is 2. The maximum Gasteiger partial charge on any atom is 0.0886 e. The number of aromatic nitrogens is 2. The summed E-state index contributed by atoms with van der Waals surface area (Å²) in [6, 6.07) is 70.2. The first-order chi connectivity index (χ1) is 27.8. The van der Waals surface area contributed by atoms with Gasteiger partial charge in [0, 0.05) is 18.0 Å². The van der Waals surface area contributed by atoms with Gasteiger partial charge in [0.25, 0.3) is 0 Å². The average molecular weight is 711 g/mol. The van der Waals surface area contributed by atoms with Crippen LogP contribution in [0.5, 0.6) is 0 Å². The Kier molecular flexibility index (Phi) is 7.53. The summed E-state index contributed by atoms with van der Waals surface area (Å²) in [5, 5.41) is 5.16. The third-order valence-corrected chi connectivity index (χ3v) is 11.4. The number of rotatable bonds is 6. The highest BCUT2D eigenvalue weighted by Crippen LogP contribution is 2.58. The minimum absolute atomic E-state index is 0.873. The Labute approximate surface area is 326 Å². The minimum Gasteiger partial charge on any atom is -0.255 e. The van der Waals surface area contributed by atoms with E-state index < -0.39 is 0 Å². The molecule has 0 spiro atoms. The molecule has 0 radical (unpaired) electrons. The largest absolute Gasteiger partial charge is 0.255 e. The van der Waals surface area contributed by atoms with Gasteiger partial charge < -0.3 is 0 Å². The molecule has 2 heterocycles. The fourth-order valence-corrected chi connectivity index (χ4v) is 8.79. The zero-order chi connectivity index (χ0) is 37.0. The fraction of sp³-hybridized carbons (Fsp3) is 0. The van der Waals surface area contributed by atoms with Crippen LogP contribution in [0, 0.1) is 0 Å². The highest BCUT2D eigenvalue weighted by atomic mass is 14.8. The molecule has 2 nitrogen and oxygen atoms in total. The first-order valence-electron chi connectivity index (χ1n) is 19.1. The number of pyridine rings is 2. The molecule has 1 aliphatic rings. The van der Waals surface area contributed by atoms with E-state index in [-0.39, 0.29) is 0 Å². The molecule has 0 N–H and O–H groups in total. The Morgan fingerprint density at radius 3 is 1.30 bits per heavy atom. The van der Waals surface area contributed by atoms with Gasteiger partial charge >= 0.3 is 0 Å². The third kappa shape index (κ3) is 5.19. The van der Waals surface area contributed by atoms with E-state index >= 15 is 0 Å². The fourth-order valence-electron chi connectivity index (χ4n) is 8.79. The van der Waals surface area contributed by atoms with Crippen LogP contribution < -0.4 is 0 Å². The summed E-state index contributed by atoms with van der Waals surface area (Å²) in [5.74, 6) is 0. The van der Waals surface area contributed by atoms with Crippen LogP contribution in [-0.4, -0.2) is 9.97 Å². The number of fused-ring (bicyclic) bond motifs is 4. The molecule has 2 aromatic heterocycles. The predicted molar refractivity (Wildman–Crippen MR) is 234 cm³/mol. The Hall–Kier alpha value is -7.42.